The summed E-state index contributed by atoms with van der Waals surface area (Å²) in [4.78, 5) is 16.5. The molecule has 0 radical (unpaired) electrons. The average molecular weight is 407 g/mol. The minimum absolute atomic E-state index is 0.0884. The van der Waals surface area contributed by atoms with Gasteiger partial charge in [0.2, 0.25) is 5.91 Å². The van der Waals surface area contributed by atoms with E-state index in [9.17, 15) is 9.18 Å². The molecule has 27 heavy (non-hydrogen) atoms. The topological polar surface area (TPSA) is 60.5 Å². The molecule has 0 aliphatic heterocycles. The Morgan fingerprint density at radius 1 is 1.26 bits per heavy atom. The van der Waals surface area contributed by atoms with Crippen molar-refractivity contribution in [2.24, 2.45) is 0 Å². The Kier molecular flexibility index (Phi) is 6.26. The van der Waals surface area contributed by atoms with E-state index in [2.05, 4.69) is 10.3 Å². The quantitative estimate of drug-likeness (QED) is 0.617. The van der Waals surface area contributed by atoms with Gasteiger partial charge in [-0.2, -0.15) is 0 Å². The summed E-state index contributed by atoms with van der Waals surface area (Å²) in [6.07, 6.45) is 0.0884. The number of halogens is 2. The fraction of sp³-hybridized carbons (Fsp3) is 0.158. The van der Waals surface area contributed by atoms with Crippen LogP contribution in [0.25, 0.3) is 0 Å². The van der Waals surface area contributed by atoms with Gasteiger partial charge < -0.3 is 14.8 Å². The van der Waals surface area contributed by atoms with Gasteiger partial charge in [-0.15, -0.1) is 11.3 Å². The zero-order valence-corrected chi connectivity index (χ0v) is 15.9. The first-order valence-corrected chi connectivity index (χ1v) is 9.24. The first kappa shape index (κ1) is 19.1. The van der Waals surface area contributed by atoms with Gasteiger partial charge >= 0.3 is 0 Å². The molecule has 8 heteroatoms. The van der Waals surface area contributed by atoms with Gasteiger partial charge in [0.1, 0.15) is 17.4 Å². The van der Waals surface area contributed by atoms with E-state index in [0.29, 0.717) is 28.8 Å². The molecule has 0 spiro atoms. The molecule has 5 nitrogen and oxygen atoms in total. The van der Waals surface area contributed by atoms with Crippen LogP contribution in [0, 0.1) is 5.82 Å². The average Bonchev–Trinajstić information content (AvgIpc) is 3.08. The van der Waals surface area contributed by atoms with Gasteiger partial charge in [-0.25, -0.2) is 9.37 Å². The van der Waals surface area contributed by atoms with Crippen LogP contribution in [0.4, 0.5) is 10.1 Å². The van der Waals surface area contributed by atoms with E-state index in [4.69, 9.17) is 21.1 Å². The number of thiazole rings is 1. The summed E-state index contributed by atoms with van der Waals surface area (Å²) in [7, 11) is 1.38. The molecular weight excluding hydrogens is 391 g/mol. The summed E-state index contributed by atoms with van der Waals surface area (Å²) >= 11 is 7.24. The molecule has 3 aromatic rings. The number of benzene rings is 2. The maximum atomic E-state index is 13.7. The summed E-state index contributed by atoms with van der Waals surface area (Å²) in [6.45, 7) is 0.303. The predicted octanol–water partition coefficient (Wildman–Crippen LogP) is 4.70. The van der Waals surface area contributed by atoms with E-state index in [0.717, 1.165) is 5.01 Å². The van der Waals surface area contributed by atoms with Crippen LogP contribution in [0.3, 0.4) is 0 Å². The Labute approximate surface area is 164 Å². The molecule has 1 amide bonds. The summed E-state index contributed by atoms with van der Waals surface area (Å²) in [5, 5.41) is 5.84. The zero-order valence-electron chi connectivity index (χ0n) is 14.4. The van der Waals surface area contributed by atoms with Crippen LogP contribution in [0.5, 0.6) is 11.5 Å². The number of ether oxygens (including phenoxy) is 2. The fourth-order valence-electron chi connectivity index (χ4n) is 2.29. The molecule has 3 rings (SSSR count). The van der Waals surface area contributed by atoms with Gasteiger partial charge in [-0.3, -0.25) is 4.79 Å². The van der Waals surface area contributed by atoms with Crippen molar-refractivity contribution < 1.29 is 18.7 Å². The predicted molar refractivity (Wildman–Crippen MR) is 103 cm³/mol. The molecule has 0 atom stereocenters. The minimum atomic E-state index is -0.536. The zero-order chi connectivity index (χ0) is 19.2. The van der Waals surface area contributed by atoms with Crippen LogP contribution in [0.2, 0.25) is 5.02 Å². The van der Waals surface area contributed by atoms with Crippen LogP contribution in [-0.2, 0) is 17.8 Å². The van der Waals surface area contributed by atoms with Crippen molar-refractivity contribution in [2.45, 2.75) is 13.0 Å². The first-order chi connectivity index (χ1) is 13.0. The Morgan fingerprint density at radius 2 is 2.04 bits per heavy atom. The molecule has 1 heterocycles. The van der Waals surface area contributed by atoms with Crippen LogP contribution in [0.15, 0.2) is 47.8 Å². The lowest BCUT2D eigenvalue weighted by Crippen LogP contribution is -2.14. The van der Waals surface area contributed by atoms with Crippen LogP contribution in [-0.4, -0.2) is 18.0 Å². The molecule has 0 saturated carbocycles. The number of carbonyl (C=O) groups excluding carboxylic acids is 1. The lowest BCUT2D eigenvalue weighted by molar-refractivity contribution is -0.115. The second-order valence-electron chi connectivity index (χ2n) is 5.55. The molecule has 0 fully saturated rings. The molecule has 0 aliphatic carbocycles. The largest absolute Gasteiger partial charge is 0.494 e. The van der Waals surface area contributed by atoms with E-state index < -0.39 is 5.82 Å². The maximum absolute atomic E-state index is 13.7. The highest BCUT2D eigenvalue weighted by molar-refractivity contribution is 7.09. The third-order valence-corrected chi connectivity index (χ3v) is 4.68. The van der Waals surface area contributed by atoms with Crippen LogP contribution >= 0.6 is 22.9 Å². The van der Waals surface area contributed by atoms with Gasteiger partial charge in [0, 0.05) is 22.2 Å². The Bertz CT molecular complexity index is 931. The summed E-state index contributed by atoms with van der Waals surface area (Å²) < 4.78 is 24.2. The summed E-state index contributed by atoms with van der Waals surface area (Å²) in [5.41, 5.74) is 0.987. The smallest absolute Gasteiger partial charge is 0.230 e. The van der Waals surface area contributed by atoms with Crippen molar-refractivity contribution in [2.75, 3.05) is 12.4 Å². The van der Waals surface area contributed by atoms with Crippen molar-refractivity contribution in [3.05, 3.63) is 69.4 Å². The highest BCUT2D eigenvalue weighted by Crippen LogP contribution is 2.21. The summed E-state index contributed by atoms with van der Waals surface area (Å²) in [5.74, 6) is -0.00566. The molecule has 2 aromatic carbocycles. The standard InChI is InChI=1S/C19H16ClFN2O3S/c1-25-17-7-4-13(8-16(17)21)22-18(24)9-14-11-27-19(23-14)10-26-15-5-2-12(20)3-6-15/h2-8,11H,9-10H2,1H3,(H,22,24). The highest BCUT2D eigenvalue weighted by atomic mass is 35.5. The van der Waals surface area contributed by atoms with Gasteiger partial charge in [-0.1, -0.05) is 11.6 Å². The molecular formula is C19H16ClFN2O3S. The minimum Gasteiger partial charge on any atom is -0.494 e. The number of carbonyl (C=O) groups is 1. The van der Waals surface area contributed by atoms with E-state index in [-0.39, 0.29) is 18.1 Å². The van der Waals surface area contributed by atoms with Crippen molar-refractivity contribution in [1.29, 1.82) is 0 Å². The number of rotatable bonds is 7. The molecule has 1 aromatic heterocycles. The van der Waals surface area contributed by atoms with Gasteiger partial charge in [-0.05, 0) is 36.4 Å². The van der Waals surface area contributed by atoms with E-state index in [1.807, 2.05) is 0 Å². The number of hydrogen-bond donors (Lipinski definition) is 1. The third kappa shape index (κ3) is 5.42. The molecule has 140 valence electrons. The molecule has 0 bridgehead atoms. The van der Waals surface area contributed by atoms with Crippen LogP contribution < -0.4 is 14.8 Å². The Hall–Kier alpha value is -2.64. The van der Waals surface area contributed by atoms with Crippen molar-refractivity contribution >= 4 is 34.5 Å². The molecule has 1 N–H and O–H groups in total. The number of hydrogen-bond acceptors (Lipinski definition) is 5. The normalized spacial score (nSPS) is 10.5. The van der Waals surface area contributed by atoms with Gasteiger partial charge in [0.15, 0.2) is 11.6 Å². The molecule has 0 unspecified atom stereocenters. The second-order valence-corrected chi connectivity index (χ2v) is 6.93. The van der Waals surface area contributed by atoms with Gasteiger partial charge in [0.25, 0.3) is 0 Å². The SMILES string of the molecule is COc1ccc(NC(=O)Cc2csc(COc3ccc(Cl)cc3)n2)cc1F. The van der Waals surface area contributed by atoms with Crippen molar-refractivity contribution in [3.8, 4) is 11.5 Å². The molecule has 0 saturated heterocycles. The van der Waals surface area contributed by atoms with Crippen molar-refractivity contribution in [3.63, 3.8) is 0 Å². The van der Waals surface area contributed by atoms with Gasteiger partial charge in [0.05, 0.1) is 19.2 Å². The number of nitrogens with zero attached hydrogens (tertiary/aromatic N) is 1. The Balaban J connectivity index is 1.53. The fourth-order valence-corrected chi connectivity index (χ4v) is 3.12. The monoisotopic (exact) mass is 406 g/mol. The Morgan fingerprint density at radius 3 is 2.74 bits per heavy atom. The lowest BCUT2D eigenvalue weighted by Gasteiger charge is -2.06. The number of amides is 1. The third-order valence-electron chi connectivity index (χ3n) is 3.55. The number of methoxy groups -OCH3 is 1. The lowest BCUT2D eigenvalue weighted by atomic mass is 10.2. The number of anilines is 1. The number of aromatic nitrogens is 1. The van der Waals surface area contributed by atoms with Crippen molar-refractivity contribution in [1.82, 2.24) is 4.98 Å². The van der Waals surface area contributed by atoms with E-state index >= 15 is 0 Å². The van der Waals surface area contributed by atoms with Crippen LogP contribution in [0.1, 0.15) is 10.7 Å². The maximum Gasteiger partial charge on any atom is 0.230 e. The van der Waals surface area contributed by atoms with E-state index in [1.54, 1.807) is 35.7 Å². The van der Waals surface area contributed by atoms with E-state index in [1.165, 1.54) is 30.6 Å². The molecule has 0 aliphatic rings. The summed E-state index contributed by atoms with van der Waals surface area (Å²) in [6, 6.07) is 11.3. The highest BCUT2D eigenvalue weighted by Gasteiger charge is 2.10. The first-order valence-electron chi connectivity index (χ1n) is 7.98. The number of nitrogens with one attached hydrogen (secondary N) is 1. The second kappa shape index (κ2) is 8.83.